The Balaban J connectivity index is 1.84. The Kier molecular flexibility index (Phi) is 3.38. The second kappa shape index (κ2) is 5.19. The van der Waals surface area contributed by atoms with Crippen LogP contribution in [0.5, 0.6) is 0 Å². The molecule has 2 aromatic carbocycles. The Hall–Kier alpha value is -1.98. The van der Waals surface area contributed by atoms with Gasteiger partial charge in [0.1, 0.15) is 5.50 Å². The van der Waals surface area contributed by atoms with Gasteiger partial charge in [0.05, 0.1) is 12.2 Å². The molecular weight excluding hydrogens is 270 g/mol. The SMILES string of the molecule is Nc1ccc2c(c1)SC(N)N2CC(=O)c1ccccc1. The van der Waals surface area contributed by atoms with Gasteiger partial charge in [0.2, 0.25) is 0 Å². The second-order valence-corrected chi connectivity index (χ2v) is 5.81. The van der Waals surface area contributed by atoms with E-state index in [0.717, 1.165) is 10.6 Å². The number of carbonyl (C=O) groups is 1. The summed E-state index contributed by atoms with van der Waals surface area (Å²) in [4.78, 5) is 15.2. The summed E-state index contributed by atoms with van der Waals surface area (Å²) in [5, 5.41) is 0. The summed E-state index contributed by atoms with van der Waals surface area (Å²) in [5.74, 6) is 0.0614. The Labute approximate surface area is 121 Å². The van der Waals surface area contributed by atoms with Crippen LogP contribution in [0.4, 0.5) is 11.4 Å². The van der Waals surface area contributed by atoms with E-state index in [9.17, 15) is 4.79 Å². The molecule has 1 unspecified atom stereocenters. The van der Waals surface area contributed by atoms with Crippen molar-refractivity contribution < 1.29 is 4.79 Å². The van der Waals surface area contributed by atoms with Gasteiger partial charge in [-0.15, -0.1) is 0 Å². The van der Waals surface area contributed by atoms with Gasteiger partial charge in [0.25, 0.3) is 0 Å². The Morgan fingerprint density at radius 1 is 1.20 bits per heavy atom. The number of fused-ring (bicyclic) bond motifs is 1. The lowest BCUT2D eigenvalue weighted by molar-refractivity contribution is 0.0998. The fourth-order valence-electron chi connectivity index (χ4n) is 2.24. The first-order valence-corrected chi connectivity index (χ1v) is 7.20. The molecule has 1 heterocycles. The van der Waals surface area contributed by atoms with Crippen LogP contribution < -0.4 is 16.4 Å². The zero-order valence-electron chi connectivity index (χ0n) is 10.8. The van der Waals surface area contributed by atoms with E-state index >= 15 is 0 Å². The summed E-state index contributed by atoms with van der Waals surface area (Å²) in [7, 11) is 0. The molecule has 5 heteroatoms. The average Bonchev–Trinajstić information content (AvgIpc) is 2.75. The minimum atomic E-state index is -0.250. The molecule has 20 heavy (non-hydrogen) atoms. The van der Waals surface area contributed by atoms with E-state index in [0.29, 0.717) is 11.3 Å². The number of nitrogens with zero attached hydrogens (tertiary/aromatic N) is 1. The Morgan fingerprint density at radius 2 is 1.95 bits per heavy atom. The molecule has 0 bridgehead atoms. The highest BCUT2D eigenvalue weighted by Gasteiger charge is 2.29. The summed E-state index contributed by atoms with van der Waals surface area (Å²) in [6.45, 7) is 0.273. The maximum Gasteiger partial charge on any atom is 0.182 e. The number of thioether (sulfide) groups is 1. The van der Waals surface area contributed by atoms with Crippen molar-refractivity contribution in [2.24, 2.45) is 5.73 Å². The second-order valence-electron chi connectivity index (χ2n) is 4.65. The highest BCUT2D eigenvalue weighted by atomic mass is 32.2. The van der Waals surface area contributed by atoms with Gasteiger partial charge in [-0.25, -0.2) is 0 Å². The number of nitrogen functional groups attached to an aromatic ring is 1. The molecule has 1 aliphatic heterocycles. The van der Waals surface area contributed by atoms with Gasteiger partial charge < -0.3 is 16.4 Å². The maximum absolute atomic E-state index is 12.3. The zero-order valence-corrected chi connectivity index (χ0v) is 11.6. The predicted octanol–water partition coefficient (Wildman–Crippen LogP) is 2.31. The first-order chi connectivity index (χ1) is 9.65. The van der Waals surface area contributed by atoms with Gasteiger partial charge in [0.15, 0.2) is 5.78 Å². The van der Waals surface area contributed by atoms with Crippen molar-refractivity contribution in [1.82, 2.24) is 0 Å². The third-order valence-electron chi connectivity index (χ3n) is 3.26. The number of ketones is 1. The van der Waals surface area contributed by atoms with Crippen molar-refractivity contribution in [3.8, 4) is 0 Å². The van der Waals surface area contributed by atoms with Crippen LogP contribution in [-0.4, -0.2) is 17.8 Å². The van der Waals surface area contributed by atoms with E-state index < -0.39 is 0 Å². The van der Waals surface area contributed by atoms with Gasteiger partial charge in [0, 0.05) is 16.1 Å². The van der Waals surface area contributed by atoms with Gasteiger partial charge in [-0.3, -0.25) is 4.79 Å². The number of Topliss-reactive ketones (excluding diaryl/α,β-unsaturated/α-hetero) is 1. The van der Waals surface area contributed by atoms with Crippen LogP contribution >= 0.6 is 11.8 Å². The molecule has 4 nitrogen and oxygen atoms in total. The van der Waals surface area contributed by atoms with Gasteiger partial charge >= 0.3 is 0 Å². The van der Waals surface area contributed by atoms with Crippen LogP contribution in [0.3, 0.4) is 0 Å². The molecule has 0 spiro atoms. The van der Waals surface area contributed by atoms with Crippen molar-refractivity contribution in [2.75, 3.05) is 17.2 Å². The molecule has 0 radical (unpaired) electrons. The van der Waals surface area contributed by atoms with Crippen LogP contribution in [0, 0.1) is 0 Å². The Bertz CT molecular complexity index is 645. The highest BCUT2D eigenvalue weighted by molar-refractivity contribution is 8.00. The lowest BCUT2D eigenvalue weighted by Gasteiger charge is -2.22. The van der Waals surface area contributed by atoms with Gasteiger partial charge in [-0.1, -0.05) is 42.1 Å². The summed E-state index contributed by atoms with van der Waals surface area (Å²) >= 11 is 1.52. The molecule has 1 atom stereocenters. The van der Waals surface area contributed by atoms with Crippen LogP contribution in [0.25, 0.3) is 0 Å². The zero-order chi connectivity index (χ0) is 14.1. The number of hydrogen-bond donors (Lipinski definition) is 2. The molecule has 0 fully saturated rings. The molecule has 4 N–H and O–H groups in total. The van der Waals surface area contributed by atoms with Crippen molar-refractivity contribution in [1.29, 1.82) is 0 Å². The van der Waals surface area contributed by atoms with E-state index in [1.165, 1.54) is 11.8 Å². The summed E-state index contributed by atoms with van der Waals surface area (Å²) in [5.41, 5.74) is 14.0. The van der Waals surface area contributed by atoms with E-state index in [2.05, 4.69) is 0 Å². The third kappa shape index (κ3) is 2.37. The molecule has 0 aliphatic carbocycles. The number of rotatable bonds is 3. The fraction of sp³-hybridized carbons (Fsp3) is 0.133. The average molecular weight is 285 g/mol. The topological polar surface area (TPSA) is 72.3 Å². The van der Waals surface area contributed by atoms with E-state index in [1.807, 2.05) is 53.4 Å². The van der Waals surface area contributed by atoms with Crippen LogP contribution in [-0.2, 0) is 0 Å². The molecule has 1 aliphatic rings. The molecule has 0 aromatic heterocycles. The summed E-state index contributed by atoms with van der Waals surface area (Å²) in [6.07, 6.45) is 0. The highest BCUT2D eigenvalue weighted by Crippen LogP contribution is 2.42. The first-order valence-electron chi connectivity index (χ1n) is 6.32. The molecule has 3 rings (SSSR count). The van der Waals surface area contributed by atoms with E-state index in [-0.39, 0.29) is 17.8 Å². The predicted molar refractivity (Wildman–Crippen MR) is 82.8 cm³/mol. The van der Waals surface area contributed by atoms with Crippen molar-refractivity contribution in [3.63, 3.8) is 0 Å². The minimum absolute atomic E-state index is 0.0614. The molecule has 0 saturated carbocycles. The largest absolute Gasteiger partial charge is 0.399 e. The smallest absolute Gasteiger partial charge is 0.182 e. The van der Waals surface area contributed by atoms with Crippen molar-refractivity contribution in [3.05, 3.63) is 54.1 Å². The standard InChI is InChI=1S/C15H15N3OS/c16-11-6-7-12-14(8-11)20-15(17)18(12)9-13(19)10-4-2-1-3-5-10/h1-8,15H,9,16-17H2. The number of benzene rings is 2. The number of carbonyl (C=O) groups excluding carboxylic acids is 1. The number of nitrogens with two attached hydrogens (primary N) is 2. The van der Waals surface area contributed by atoms with E-state index in [1.54, 1.807) is 0 Å². The molecule has 0 saturated heterocycles. The molecular formula is C15H15N3OS. The normalized spacial score (nSPS) is 17.1. The summed E-state index contributed by atoms with van der Waals surface area (Å²) in [6, 6.07) is 14.9. The maximum atomic E-state index is 12.3. The molecule has 2 aromatic rings. The van der Waals surface area contributed by atoms with Gasteiger partial charge in [-0.05, 0) is 18.2 Å². The lowest BCUT2D eigenvalue weighted by atomic mass is 10.1. The van der Waals surface area contributed by atoms with E-state index in [4.69, 9.17) is 11.5 Å². The monoisotopic (exact) mass is 285 g/mol. The Morgan fingerprint density at radius 3 is 2.70 bits per heavy atom. The first kappa shape index (κ1) is 13.0. The number of hydrogen-bond acceptors (Lipinski definition) is 5. The van der Waals surface area contributed by atoms with Crippen molar-refractivity contribution in [2.45, 2.75) is 10.4 Å². The number of anilines is 2. The lowest BCUT2D eigenvalue weighted by Crippen LogP contribution is -2.39. The van der Waals surface area contributed by atoms with Crippen molar-refractivity contribution >= 4 is 28.9 Å². The quantitative estimate of drug-likeness (QED) is 0.669. The summed E-state index contributed by atoms with van der Waals surface area (Å²) < 4.78 is 0. The van der Waals surface area contributed by atoms with Crippen LogP contribution in [0.15, 0.2) is 53.4 Å². The third-order valence-corrected chi connectivity index (χ3v) is 4.33. The van der Waals surface area contributed by atoms with Gasteiger partial charge in [-0.2, -0.15) is 0 Å². The van der Waals surface area contributed by atoms with Crippen LogP contribution in [0.2, 0.25) is 0 Å². The molecule has 0 amide bonds. The molecule has 102 valence electrons. The minimum Gasteiger partial charge on any atom is -0.399 e. The fourth-order valence-corrected chi connectivity index (χ4v) is 3.32. The van der Waals surface area contributed by atoms with Crippen LogP contribution in [0.1, 0.15) is 10.4 Å².